The second-order valence-corrected chi connectivity index (χ2v) is 4.39. The lowest BCUT2D eigenvalue weighted by molar-refractivity contribution is 0.102. The van der Waals surface area contributed by atoms with E-state index >= 15 is 0 Å². The minimum absolute atomic E-state index is 0.155. The van der Waals surface area contributed by atoms with Gasteiger partial charge < -0.3 is 5.32 Å². The van der Waals surface area contributed by atoms with Crippen LogP contribution in [0.4, 0.5) is 5.69 Å². The van der Waals surface area contributed by atoms with Gasteiger partial charge in [0.1, 0.15) is 10.8 Å². The molecular formula is C12H9Cl2N3O. The Morgan fingerprint density at radius 2 is 2.06 bits per heavy atom. The van der Waals surface area contributed by atoms with E-state index in [1.54, 1.807) is 18.2 Å². The third-order valence-electron chi connectivity index (χ3n) is 2.35. The summed E-state index contributed by atoms with van der Waals surface area (Å²) in [6, 6.07) is 5.28. The molecule has 0 aliphatic heterocycles. The van der Waals surface area contributed by atoms with E-state index in [1.165, 1.54) is 12.4 Å². The van der Waals surface area contributed by atoms with Crippen molar-refractivity contribution in [2.45, 2.75) is 6.92 Å². The van der Waals surface area contributed by atoms with Gasteiger partial charge in [0.15, 0.2) is 0 Å². The lowest BCUT2D eigenvalue weighted by atomic mass is 10.2. The quantitative estimate of drug-likeness (QED) is 0.919. The fourth-order valence-corrected chi connectivity index (χ4v) is 1.70. The highest BCUT2D eigenvalue weighted by Crippen LogP contribution is 2.23. The number of anilines is 1. The van der Waals surface area contributed by atoms with Crippen LogP contribution in [0.15, 0.2) is 30.6 Å². The van der Waals surface area contributed by atoms with Crippen molar-refractivity contribution in [2.75, 3.05) is 5.32 Å². The van der Waals surface area contributed by atoms with Gasteiger partial charge in [-0.3, -0.25) is 9.78 Å². The van der Waals surface area contributed by atoms with E-state index in [-0.39, 0.29) is 16.8 Å². The van der Waals surface area contributed by atoms with Gasteiger partial charge in [0.25, 0.3) is 5.91 Å². The van der Waals surface area contributed by atoms with Crippen LogP contribution in [0, 0.1) is 6.92 Å². The van der Waals surface area contributed by atoms with Crippen molar-refractivity contribution >= 4 is 34.8 Å². The minimum Gasteiger partial charge on any atom is -0.320 e. The largest absolute Gasteiger partial charge is 0.320 e. The number of carbonyl (C=O) groups excluding carboxylic acids is 1. The number of benzene rings is 1. The molecule has 2 aromatic rings. The predicted molar refractivity (Wildman–Crippen MR) is 71.2 cm³/mol. The van der Waals surface area contributed by atoms with Gasteiger partial charge in [-0.2, -0.15) is 0 Å². The molecule has 0 atom stereocenters. The Kier molecular flexibility index (Phi) is 3.79. The van der Waals surface area contributed by atoms with Crippen molar-refractivity contribution < 1.29 is 4.79 Å². The minimum atomic E-state index is -0.379. The van der Waals surface area contributed by atoms with Crippen molar-refractivity contribution in [3.63, 3.8) is 0 Å². The highest BCUT2D eigenvalue weighted by atomic mass is 35.5. The molecule has 4 nitrogen and oxygen atoms in total. The lowest BCUT2D eigenvalue weighted by Crippen LogP contribution is -2.14. The number of rotatable bonds is 2. The SMILES string of the molecule is Cc1c(Cl)cccc1NC(=O)c1cncc(Cl)n1. The molecule has 18 heavy (non-hydrogen) atoms. The van der Waals surface area contributed by atoms with Gasteiger partial charge in [-0.05, 0) is 24.6 Å². The Morgan fingerprint density at radius 3 is 2.78 bits per heavy atom. The molecule has 2 rings (SSSR count). The Labute approximate surface area is 114 Å². The van der Waals surface area contributed by atoms with E-state index in [9.17, 15) is 4.79 Å². The second kappa shape index (κ2) is 5.33. The molecule has 0 aliphatic rings. The Balaban J connectivity index is 2.24. The normalized spacial score (nSPS) is 10.2. The molecule has 0 spiro atoms. The van der Waals surface area contributed by atoms with Gasteiger partial charge in [-0.15, -0.1) is 0 Å². The molecule has 92 valence electrons. The topological polar surface area (TPSA) is 54.9 Å². The summed E-state index contributed by atoms with van der Waals surface area (Å²) < 4.78 is 0. The van der Waals surface area contributed by atoms with Crippen LogP contribution < -0.4 is 5.32 Å². The molecule has 1 N–H and O–H groups in total. The number of nitrogens with zero attached hydrogens (tertiary/aromatic N) is 2. The zero-order chi connectivity index (χ0) is 13.1. The van der Waals surface area contributed by atoms with Gasteiger partial charge in [0.05, 0.1) is 12.4 Å². The fourth-order valence-electron chi connectivity index (χ4n) is 1.38. The van der Waals surface area contributed by atoms with E-state index in [0.29, 0.717) is 10.7 Å². The average Bonchev–Trinajstić information content (AvgIpc) is 2.35. The molecule has 0 radical (unpaired) electrons. The van der Waals surface area contributed by atoms with Crippen LogP contribution in [0.2, 0.25) is 10.2 Å². The van der Waals surface area contributed by atoms with Crippen LogP contribution in [-0.2, 0) is 0 Å². The number of hydrogen-bond donors (Lipinski definition) is 1. The number of halogens is 2. The van der Waals surface area contributed by atoms with E-state index in [1.807, 2.05) is 6.92 Å². The zero-order valence-electron chi connectivity index (χ0n) is 9.45. The van der Waals surface area contributed by atoms with Crippen LogP contribution >= 0.6 is 23.2 Å². The lowest BCUT2D eigenvalue weighted by Gasteiger charge is -2.08. The number of nitrogens with one attached hydrogen (secondary N) is 1. The molecule has 0 saturated carbocycles. The number of hydrogen-bond acceptors (Lipinski definition) is 3. The first kappa shape index (κ1) is 12.8. The maximum atomic E-state index is 11.9. The van der Waals surface area contributed by atoms with E-state index in [2.05, 4.69) is 15.3 Å². The summed E-state index contributed by atoms with van der Waals surface area (Å²) in [4.78, 5) is 19.6. The molecule has 0 saturated heterocycles. The fraction of sp³-hybridized carbons (Fsp3) is 0.0833. The first-order valence-corrected chi connectivity index (χ1v) is 5.87. The van der Waals surface area contributed by atoms with Crippen LogP contribution in [-0.4, -0.2) is 15.9 Å². The summed E-state index contributed by atoms with van der Waals surface area (Å²) in [5.74, 6) is -0.379. The van der Waals surface area contributed by atoms with E-state index < -0.39 is 0 Å². The summed E-state index contributed by atoms with van der Waals surface area (Å²) in [6.07, 6.45) is 2.71. The van der Waals surface area contributed by atoms with Crippen molar-refractivity contribution in [3.8, 4) is 0 Å². The summed E-state index contributed by atoms with van der Waals surface area (Å²) >= 11 is 11.6. The molecule has 6 heteroatoms. The van der Waals surface area contributed by atoms with Gasteiger partial charge in [-0.1, -0.05) is 29.3 Å². The Morgan fingerprint density at radius 1 is 1.28 bits per heavy atom. The predicted octanol–water partition coefficient (Wildman–Crippen LogP) is 3.34. The number of amides is 1. The Bertz CT molecular complexity index is 602. The molecule has 1 aromatic heterocycles. The van der Waals surface area contributed by atoms with E-state index in [4.69, 9.17) is 23.2 Å². The monoisotopic (exact) mass is 281 g/mol. The highest BCUT2D eigenvalue weighted by Gasteiger charge is 2.11. The maximum Gasteiger partial charge on any atom is 0.275 e. The van der Waals surface area contributed by atoms with Gasteiger partial charge in [0.2, 0.25) is 0 Å². The molecule has 1 amide bonds. The Hall–Kier alpha value is -1.65. The summed E-state index contributed by atoms with van der Waals surface area (Å²) in [6.45, 7) is 1.82. The maximum absolute atomic E-state index is 11.9. The van der Waals surface area contributed by atoms with Crippen LogP contribution in [0.5, 0.6) is 0 Å². The molecule has 0 unspecified atom stereocenters. The third kappa shape index (κ3) is 2.78. The van der Waals surface area contributed by atoms with E-state index in [0.717, 1.165) is 5.56 Å². The van der Waals surface area contributed by atoms with Crippen LogP contribution in [0.3, 0.4) is 0 Å². The van der Waals surface area contributed by atoms with Gasteiger partial charge >= 0.3 is 0 Å². The molecule has 0 aliphatic carbocycles. The zero-order valence-corrected chi connectivity index (χ0v) is 11.0. The van der Waals surface area contributed by atoms with Crippen LogP contribution in [0.25, 0.3) is 0 Å². The smallest absolute Gasteiger partial charge is 0.275 e. The second-order valence-electron chi connectivity index (χ2n) is 3.59. The first-order chi connectivity index (χ1) is 8.58. The van der Waals surface area contributed by atoms with Crippen molar-refractivity contribution in [2.24, 2.45) is 0 Å². The highest BCUT2D eigenvalue weighted by molar-refractivity contribution is 6.31. The average molecular weight is 282 g/mol. The summed E-state index contributed by atoms with van der Waals surface area (Å²) in [5, 5.41) is 3.47. The molecule has 0 fully saturated rings. The number of aromatic nitrogens is 2. The summed E-state index contributed by atoms with van der Waals surface area (Å²) in [7, 11) is 0. The van der Waals surface area contributed by atoms with Crippen molar-refractivity contribution in [1.82, 2.24) is 9.97 Å². The standard InChI is InChI=1S/C12H9Cl2N3O/c1-7-8(13)3-2-4-9(7)17-12(18)10-5-15-6-11(14)16-10/h2-6H,1H3,(H,17,18). The molecule has 1 heterocycles. The first-order valence-electron chi connectivity index (χ1n) is 5.12. The van der Waals surface area contributed by atoms with Crippen molar-refractivity contribution in [1.29, 1.82) is 0 Å². The van der Waals surface area contributed by atoms with Crippen LogP contribution in [0.1, 0.15) is 16.1 Å². The summed E-state index contributed by atoms with van der Waals surface area (Å²) in [5.41, 5.74) is 1.58. The van der Waals surface area contributed by atoms with Crippen molar-refractivity contribution in [3.05, 3.63) is 52.0 Å². The molecule has 0 bridgehead atoms. The third-order valence-corrected chi connectivity index (χ3v) is 2.95. The van der Waals surface area contributed by atoms with Gasteiger partial charge in [-0.25, -0.2) is 4.98 Å². The number of carbonyl (C=O) groups is 1. The van der Waals surface area contributed by atoms with Gasteiger partial charge in [0, 0.05) is 10.7 Å². The molecule has 1 aromatic carbocycles. The molecular weight excluding hydrogens is 273 g/mol.